The molecular weight excluding hydrogens is 238 g/mol. The highest BCUT2D eigenvalue weighted by Gasteiger charge is 2.10. The molecule has 0 aromatic heterocycles. The maximum absolute atomic E-state index is 7.66. The normalized spacial score (nSPS) is 11.8. The van der Waals surface area contributed by atoms with Crippen molar-refractivity contribution in [1.29, 1.82) is 10.8 Å². The van der Waals surface area contributed by atoms with Crippen molar-refractivity contribution in [2.75, 3.05) is 0 Å². The Morgan fingerprint density at radius 3 is 2.53 bits per heavy atom. The van der Waals surface area contributed by atoms with Crippen LogP contribution in [-0.4, -0.2) is 11.9 Å². The summed E-state index contributed by atoms with van der Waals surface area (Å²) in [4.78, 5) is 0. The van der Waals surface area contributed by atoms with Crippen LogP contribution in [0.5, 0.6) is 0 Å². The van der Waals surface area contributed by atoms with Crippen molar-refractivity contribution in [3.63, 3.8) is 0 Å². The van der Waals surface area contributed by atoms with Crippen LogP contribution < -0.4 is 16.4 Å². The average molecular weight is 255 g/mol. The molecule has 0 saturated carbocycles. The van der Waals surface area contributed by atoms with Crippen molar-refractivity contribution < 1.29 is 0 Å². The molecule has 2 aromatic rings. The van der Waals surface area contributed by atoms with Crippen LogP contribution in [0, 0.1) is 10.8 Å². The molecule has 0 heterocycles. The summed E-state index contributed by atoms with van der Waals surface area (Å²) in [7, 11) is 0. The zero-order valence-corrected chi connectivity index (χ0v) is 10.7. The standard InChI is InChI=1S/C14H17N5/c1-9(18-14(17)19-13(15)16)11-8-4-6-10-5-2-3-7-12(10)11/h2-9H,1H3,(H6,15,16,17,18,19). The first kappa shape index (κ1) is 12.9. The smallest absolute Gasteiger partial charge is 0.195 e. The Morgan fingerprint density at radius 2 is 1.79 bits per heavy atom. The number of nitrogens with two attached hydrogens (primary N) is 1. The Labute approximate surface area is 111 Å². The number of rotatable bonds is 2. The van der Waals surface area contributed by atoms with Gasteiger partial charge in [0.25, 0.3) is 0 Å². The lowest BCUT2D eigenvalue weighted by Gasteiger charge is -2.18. The Balaban J connectivity index is 2.24. The van der Waals surface area contributed by atoms with E-state index >= 15 is 0 Å². The number of benzene rings is 2. The van der Waals surface area contributed by atoms with Gasteiger partial charge >= 0.3 is 0 Å². The minimum absolute atomic E-state index is 0.0212. The molecule has 0 bridgehead atoms. The van der Waals surface area contributed by atoms with Crippen LogP contribution in [-0.2, 0) is 0 Å². The van der Waals surface area contributed by atoms with Crippen molar-refractivity contribution >= 4 is 22.7 Å². The predicted molar refractivity (Wildman–Crippen MR) is 78.3 cm³/mol. The summed E-state index contributed by atoms with van der Waals surface area (Å²) in [5.41, 5.74) is 6.29. The van der Waals surface area contributed by atoms with Crippen LogP contribution in [0.4, 0.5) is 0 Å². The molecule has 5 nitrogen and oxygen atoms in total. The third kappa shape index (κ3) is 3.01. The highest BCUT2D eigenvalue weighted by atomic mass is 15.2. The fourth-order valence-corrected chi connectivity index (χ4v) is 2.09. The van der Waals surface area contributed by atoms with Crippen molar-refractivity contribution in [1.82, 2.24) is 10.6 Å². The molecule has 5 heteroatoms. The van der Waals surface area contributed by atoms with Crippen molar-refractivity contribution in [3.8, 4) is 0 Å². The second kappa shape index (κ2) is 5.39. The van der Waals surface area contributed by atoms with E-state index in [4.69, 9.17) is 16.6 Å². The summed E-state index contributed by atoms with van der Waals surface area (Å²) in [6, 6.07) is 14.2. The van der Waals surface area contributed by atoms with Gasteiger partial charge in [-0.1, -0.05) is 42.5 Å². The fourth-order valence-electron chi connectivity index (χ4n) is 2.09. The molecular formula is C14H17N5. The zero-order valence-electron chi connectivity index (χ0n) is 10.7. The second-order valence-corrected chi connectivity index (χ2v) is 4.35. The fraction of sp³-hybridized carbons (Fsp3) is 0.143. The lowest BCUT2D eigenvalue weighted by atomic mass is 10.00. The molecule has 0 saturated heterocycles. The molecule has 6 N–H and O–H groups in total. The van der Waals surface area contributed by atoms with E-state index in [9.17, 15) is 0 Å². The molecule has 0 amide bonds. The van der Waals surface area contributed by atoms with Crippen LogP contribution in [0.2, 0.25) is 0 Å². The van der Waals surface area contributed by atoms with Gasteiger partial charge in [-0.15, -0.1) is 0 Å². The van der Waals surface area contributed by atoms with Gasteiger partial charge in [0.05, 0.1) is 6.04 Å². The van der Waals surface area contributed by atoms with E-state index < -0.39 is 0 Å². The van der Waals surface area contributed by atoms with Crippen molar-refractivity contribution in [2.45, 2.75) is 13.0 Å². The molecule has 1 atom stereocenters. The van der Waals surface area contributed by atoms with Gasteiger partial charge in [0.1, 0.15) is 0 Å². The molecule has 19 heavy (non-hydrogen) atoms. The van der Waals surface area contributed by atoms with Gasteiger partial charge in [-0.3, -0.25) is 16.1 Å². The van der Waals surface area contributed by atoms with E-state index in [1.54, 1.807) is 0 Å². The monoisotopic (exact) mass is 255 g/mol. The van der Waals surface area contributed by atoms with Crippen LogP contribution in [0.1, 0.15) is 18.5 Å². The van der Waals surface area contributed by atoms with Gasteiger partial charge in [0, 0.05) is 0 Å². The van der Waals surface area contributed by atoms with E-state index in [2.05, 4.69) is 28.8 Å². The van der Waals surface area contributed by atoms with E-state index in [1.165, 1.54) is 5.39 Å². The molecule has 0 radical (unpaired) electrons. The first-order valence-corrected chi connectivity index (χ1v) is 6.01. The highest BCUT2D eigenvalue weighted by molar-refractivity contribution is 5.95. The molecule has 0 fully saturated rings. The number of hydrogen-bond acceptors (Lipinski definition) is 2. The van der Waals surface area contributed by atoms with Crippen LogP contribution >= 0.6 is 0 Å². The summed E-state index contributed by atoms with van der Waals surface area (Å²) < 4.78 is 0. The Kier molecular flexibility index (Phi) is 3.66. The third-order valence-corrected chi connectivity index (χ3v) is 2.91. The van der Waals surface area contributed by atoms with E-state index in [1.807, 2.05) is 31.2 Å². The van der Waals surface area contributed by atoms with Crippen LogP contribution in [0.15, 0.2) is 42.5 Å². The zero-order chi connectivity index (χ0) is 13.8. The maximum atomic E-state index is 7.66. The summed E-state index contributed by atoms with van der Waals surface area (Å²) in [5.74, 6) is -0.226. The van der Waals surface area contributed by atoms with Crippen molar-refractivity contribution in [3.05, 3.63) is 48.0 Å². The molecule has 98 valence electrons. The van der Waals surface area contributed by atoms with Crippen LogP contribution in [0.25, 0.3) is 10.8 Å². The molecule has 0 aliphatic carbocycles. The molecule has 1 unspecified atom stereocenters. The molecule has 2 rings (SSSR count). The second-order valence-electron chi connectivity index (χ2n) is 4.35. The Morgan fingerprint density at radius 1 is 1.11 bits per heavy atom. The van der Waals surface area contributed by atoms with Crippen molar-refractivity contribution in [2.24, 2.45) is 5.73 Å². The van der Waals surface area contributed by atoms with Gasteiger partial charge in [-0.05, 0) is 23.3 Å². The first-order valence-electron chi connectivity index (χ1n) is 6.01. The number of nitrogens with one attached hydrogen (secondary N) is 4. The minimum Gasteiger partial charge on any atom is -0.370 e. The highest BCUT2D eigenvalue weighted by Crippen LogP contribution is 2.23. The molecule has 0 spiro atoms. The van der Waals surface area contributed by atoms with E-state index in [0.717, 1.165) is 10.9 Å². The number of fused-ring (bicyclic) bond motifs is 1. The summed E-state index contributed by atoms with van der Waals surface area (Å²) >= 11 is 0. The van der Waals surface area contributed by atoms with Gasteiger partial charge in [-0.2, -0.15) is 0 Å². The predicted octanol–water partition coefficient (Wildman–Crippen LogP) is 1.91. The van der Waals surface area contributed by atoms with Crippen LogP contribution in [0.3, 0.4) is 0 Å². The maximum Gasteiger partial charge on any atom is 0.195 e. The lowest BCUT2D eigenvalue weighted by Crippen LogP contribution is -2.44. The van der Waals surface area contributed by atoms with Gasteiger partial charge in [-0.25, -0.2) is 0 Å². The third-order valence-electron chi connectivity index (χ3n) is 2.91. The van der Waals surface area contributed by atoms with E-state index in [0.29, 0.717) is 0 Å². The van der Waals surface area contributed by atoms with Gasteiger partial charge < -0.3 is 11.1 Å². The topological polar surface area (TPSA) is 97.8 Å². The largest absolute Gasteiger partial charge is 0.370 e. The molecule has 0 aliphatic rings. The van der Waals surface area contributed by atoms with E-state index in [-0.39, 0.29) is 18.0 Å². The quantitative estimate of drug-likeness (QED) is 0.419. The SMILES string of the molecule is CC(NC(=N)NC(=N)N)c1cccc2ccccc12. The molecule has 2 aromatic carbocycles. The summed E-state index contributed by atoms with van der Waals surface area (Å²) in [5, 5.41) is 22.5. The molecule has 0 aliphatic heterocycles. The summed E-state index contributed by atoms with van der Waals surface area (Å²) in [6.07, 6.45) is 0. The first-order chi connectivity index (χ1) is 9.08. The minimum atomic E-state index is -0.248. The average Bonchev–Trinajstić information content (AvgIpc) is 2.36. The number of hydrogen-bond donors (Lipinski definition) is 5. The summed E-state index contributed by atoms with van der Waals surface area (Å²) in [6.45, 7) is 1.97. The van der Waals surface area contributed by atoms with Gasteiger partial charge in [0.2, 0.25) is 0 Å². The Bertz CT molecular complexity index is 615. The lowest BCUT2D eigenvalue weighted by molar-refractivity contribution is 0.707. The number of guanidine groups is 2. The van der Waals surface area contributed by atoms with Gasteiger partial charge in [0.15, 0.2) is 11.9 Å². The Hall–Kier alpha value is -2.56.